The van der Waals surface area contributed by atoms with E-state index in [4.69, 9.17) is 28.4 Å². The molecule has 54 heavy (non-hydrogen) atoms. The minimum Gasteiger partial charge on any atom is -0.457 e. The zero-order valence-electron chi connectivity index (χ0n) is 33.0. The highest BCUT2D eigenvalue weighted by molar-refractivity contribution is 5.76. The predicted molar refractivity (Wildman–Crippen MR) is 193 cm³/mol. The molecule has 5 rings (SSSR count). The summed E-state index contributed by atoms with van der Waals surface area (Å²) in [5.41, 5.74) is -1.84. The second kappa shape index (κ2) is 16.5. The molecule has 0 radical (unpaired) electrons. The number of aliphatic hydroxyl groups excluding tert-OH is 4. The SMILES string of the molecule is CC1OC2C=CCC(O)C(C)(C)C3CCC(C)C(O)(O3)C(O)C(=O)OC3CC(C=CCC(O)C(C)(C)C4CCC(C)C(O)(O4)C(O)C(=O)OC1C2)OC3C. The maximum Gasteiger partial charge on any atom is 0.341 e. The van der Waals surface area contributed by atoms with Crippen molar-refractivity contribution in [3.63, 3.8) is 0 Å². The van der Waals surface area contributed by atoms with Gasteiger partial charge in [-0.1, -0.05) is 65.8 Å². The van der Waals surface area contributed by atoms with Crippen molar-refractivity contribution in [3.05, 3.63) is 24.3 Å². The Kier molecular flexibility index (Phi) is 13.2. The number of carbonyl (C=O) groups is 2. The summed E-state index contributed by atoms with van der Waals surface area (Å²) >= 11 is 0. The number of hydrogen-bond acceptors (Lipinski definition) is 14. The standard InChI is InChI=1S/C40H64O14/c1-21-15-17-31-37(5,6)29(41)13-9-11-26-20-28(24(4)50-26)52-36(46)34(44)40(48)22(2)16-18-32(54-40)38(7,8)30(42)14-10-12-25-19-27(23(3)49-25)51-35(45)33(43)39(21,47)53-31/h9-12,21-34,41-44,47-48H,13-20H2,1-8H3. The van der Waals surface area contributed by atoms with Gasteiger partial charge in [0.2, 0.25) is 23.8 Å². The lowest BCUT2D eigenvalue weighted by Crippen LogP contribution is -2.61. The number of fused-ring (bicyclic) bond motifs is 8. The summed E-state index contributed by atoms with van der Waals surface area (Å²) in [6.45, 7) is 14.0. The lowest BCUT2D eigenvalue weighted by molar-refractivity contribution is -0.335. The third-order valence-corrected chi connectivity index (χ3v) is 13.1. The van der Waals surface area contributed by atoms with Gasteiger partial charge in [-0.05, 0) is 52.4 Å². The molecule has 14 nitrogen and oxygen atoms in total. The van der Waals surface area contributed by atoms with E-state index in [-0.39, 0.29) is 25.7 Å². The molecule has 5 aliphatic rings. The van der Waals surface area contributed by atoms with Gasteiger partial charge in [0, 0.05) is 35.5 Å². The number of aliphatic hydroxyl groups is 6. The van der Waals surface area contributed by atoms with Crippen molar-refractivity contribution in [1.29, 1.82) is 0 Å². The number of rotatable bonds is 0. The summed E-state index contributed by atoms with van der Waals surface area (Å²) in [5, 5.41) is 68.4. The van der Waals surface area contributed by atoms with Crippen LogP contribution in [0.2, 0.25) is 0 Å². The first-order valence-electron chi connectivity index (χ1n) is 19.7. The van der Waals surface area contributed by atoms with Gasteiger partial charge in [0.1, 0.15) is 12.2 Å². The van der Waals surface area contributed by atoms with Crippen LogP contribution < -0.4 is 0 Å². The quantitative estimate of drug-likeness (QED) is 0.155. The highest BCUT2D eigenvalue weighted by atomic mass is 16.7. The van der Waals surface area contributed by atoms with Gasteiger partial charge in [0.25, 0.3) is 0 Å². The van der Waals surface area contributed by atoms with Crippen LogP contribution in [0.4, 0.5) is 0 Å². The Morgan fingerprint density at radius 3 is 1.30 bits per heavy atom. The minimum atomic E-state index is -2.26. The van der Waals surface area contributed by atoms with Crippen molar-refractivity contribution in [2.75, 3.05) is 0 Å². The summed E-state index contributed by atoms with van der Waals surface area (Å²) < 4.78 is 35.6. The van der Waals surface area contributed by atoms with Crippen molar-refractivity contribution >= 4 is 11.9 Å². The normalized spacial score (nSPS) is 48.0. The third-order valence-electron chi connectivity index (χ3n) is 13.1. The molecule has 0 aromatic heterocycles. The second-order valence-electron chi connectivity index (χ2n) is 17.7. The van der Waals surface area contributed by atoms with E-state index >= 15 is 0 Å². The molecule has 0 spiro atoms. The molecule has 5 heterocycles. The van der Waals surface area contributed by atoms with Gasteiger partial charge in [0.05, 0.1) is 48.8 Å². The Hall–Kier alpha value is -1.98. The molecular formula is C40H64O14. The van der Waals surface area contributed by atoms with Gasteiger partial charge in [0.15, 0.2) is 0 Å². The van der Waals surface area contributed by atoms with Gasteiger partial charge in [-0.3, -0.25) is 0 Å². The topological polar surface area (TPSA) is 211 Å². The first-order chi connectivity index (χ1) is 25.1. The van der Waals surface area contributed by atoms with Crippen LogP contribution in [0.15, 0.2) is 24.3 Å². The van der Waals surface area contributed by atoms with E-state index in [0.29, 0.717) is 25.7 Å². The van der Waals surface area contributed by atoms with Gasteiger partial charge < -0.3 is 59.1 Å². The molecule has 0 amide bonds. The number of hydrogen-bond donors (Lipinski definition) is 6. The van der Waals surface area contributed by atoms with Gasteiger partial charge in [-0.2, -0.15) is 0 Å². The Morgan fingerprint density at radius 2 is 0.944 bits per heavy atom. The van der Waals surface area contributed by atoms with Crippen LogP contribution in [0.3, 0.4) is 0 Å². The van der Waals surface area contributed by atoms with Gasteiger partial charge in [-0.15, -0.1) is 0 Å². The fourth-order valence-electron chi connectivity index (χ4n) is 8.47. The van der Waals surface area contributed by atoms with Crippen LogP contribution >= 0.6 is 0 Å². The molecule has 308 valence electrons. The van der Waals surface area contributed by atoms with E-state index in [1.807, 2.05) is 0 Å². The van der Waals surface area contributed by atoms with E-state index in [1.165, 1.54) is 0 Å². The summed E-state index contributed by atoms with van der Waals surface area (Å²) in [5.74, 6) is -7.83. The average molecular weight is 769 g/mol. The zero-order valence-corrected chi connectivity index (χ0v) is 33.0. The van der Waals surface area contributed by atoms with E-state index in [9.17, 15) is 40.2 Å². The Bertz CT molecular complexity index is 1280. The first kappa shape index (κ1) is 43.1. The maximum absolute atomic E-state index is 13.3. The van der Waals surface area contributed by atoms with Crippen LogP contribution in [-0.4, -0.2) is 127 Å². The zero-order chi connectivity index (χ0) is 40.0. The number of carbonyl (C=O) groups excluding carboxylic acids is 2. The predicted octanol–water partition coefficient (Wildman–Crippen LogP) is 2.57. The molecule has 0 aromatic carbocycles. The smallest absolute Gasteiger partial charge is 0.341 e. The highest BCUT2D eigenvalue weighted by Gasteiger charge is 2.56. The molecule has 0 aliphatic carbocycles. The van der Waals surface area contributed by atoms with Crippen molar-refractivity contribution < 1.29 is 68.6 Å². The summed E-state index contributed by atoms with van der Waals surface area (Å²) in [6, 6.07) is 0. The average Bonchev–Trinajstić information content (AvgIpc) is 3.64. The molecule has 8 bridgehead atoms. The molecule has 14 heteroatoms. The molecular weight excluding hydrogens is 704 g/mol. The summed E-state index contributed by atoms with van der Waals surface area (Å²) in [4.78, 5) is 26.7. The molecule has 16 atom stereocenters. The van der Waals surface area contributed by atoms with Crippen molar-refractivity contribution in [2.45, 2.75) is 192 Å². The Balaban J connectivity index is 1.38. The molecule has 5 aliphatic heterocycles. The molecule has 4 saturated heterocycles. The van der Waals surface area contributed by atoms with Crippen LogP contribution in [-0.2, 0) is 38.0 Å². The summed E-state index contributed by atoms with van der Waals surface area (Å²) in [6.07, 6.45) is -1.09. The van der Waals surface area contributed by atoms with Crippen molar-refractivity contribution in [2.24, 2.45) is 22.7 Å². The van der Waals surface area contributed by atoms with Crippen molar-refractivity contribution in [1.82, 2.24) is 0 Å². The lowest BCUT2D eigenvalue weighted by Gasteiger charge is -2.49. The van der Waals surface area contributed by atoms with E-state index in [1.54, 1.807) is 79.7 Å². The molecule has 0 aromatic rings. The monoisotopic (exact) mass is 768 g/mol. The van der Waals surface area contributed by atoms with E-state index < -0.39 is 119 Å². The molecule has 16 unspecified atom stereocenters. The first-order valence-corrected chi connectivity index (χ1v) is 19.7. The van der Waals surface area contributed by atoms with Gasteiger partial charge in [-0.25, -0.2) is 9.59 Å². The Morgan fingerprint density at radius 1 is 0.593 bits per heavy atom. The molecule has 0 saturated carbocycles. The van der Waals surface area contributed by atoms with E-state index in [0.717, 1.165) is 0 Å². The van der Waals surface area contributed by atoms with Crippen LogP contribution in [0, 0.1) is 22.7 Å². The minimum absolute atomic E-state index is 0.187. The fourth-order valence-corrected chi connectivity index (χ4v) is 8.47. The van der Waals surface area contributed by atoms with Crippen LogP contribution in [0.1, 0.15) is 107 Å². The third kappa shape index (κ3) is 8.63. The Labute approximate surface area is 318 Å². The van der Waals surface area contributed by atoms with Crippen LogP contribution in [0.25, 0.3) is 0 Å². The lowest BCUT2D eigenvalue weighted by atomic mass is 9.73. The number of ether oxygens (including phenoxy) is 6. The van der Waals surface area contributed by atoms with Gasteiger partial charge >= 0.3 is 11.9 Å². The van der Waals surface area contributed by atoms with E-state index in [2.05, 4.69) is 0 Å². The van der Waals surface area contributed by atoms with Crippen molar-refractivity contribution in [3.8, 4) is 0 Å². The largest absolute Gasteiger partial charge is 0.457 e. The maximum atomic E-state index is 13.3. The highest BCUT2D eigenvalue weighted by Crippen LogP contribution is 2.45. The second-order valence-corrected chi connectivity index (χ2v) is 17.7. The molecule has 4 fully saturated rings. The fraction of sp³-hybridized carbons (Fsp3) is 0.850. The number of esters is 2. The van der Waals surface area contributed by atoms with Crippen LogP contribution in [0.5, 0.6) is 0 Å². The molecule has 6 N–H and O–H groups in total. The summed E-state index contributed by atoms with van der Waals surface area (Å²) in [7, 11) is 0.